The average Bonchev–Trinajstić information content (AvgIpc) is 2.56. The van der Waals surface area contributed by atoms with Gasteiger partial charge >= 0.3 is 0 Å². The van der Waals surface area contributed by atoms with Crippen LogP contribution in [0.15, 0.2) is 42.5 Å². The summed E-state index contributed by atoms with van der Waals surface area (Å²) in [6.45, 7) is 2.66. The number of aryl methyl sites for hydroxylation is 1. The summed E-state index contributed by atoms with van der Waals surface area (Å²) >= 11 is 5.22. The van der Waals surface area contributed by atoms with E-state index in [1.807, 2.05) is 24.3 Å². The molecule has 0 bridgehead atoms. The van der Waals surface area contributed by atoms with Gasteiger partial charge in [-0.3, -0.25) is 0 Å². The third kappa shape index (κ3) is 3.90. The number of hydrogen-bond donors (Lipinski definition) is 2. The van der Waals surface area contributed by atoms with Crippen LogP contribution in [-0.4, -0.2) is 24.4 Å². The van der Waals surface area contributed by atoms with Gasteiger partial charge in [0.2, 0.25) is 0 Å². The number of ether oxygens (including phenoxy) is 2. The quantitative estimate of drug-likeness (QED) is 0.845. The number of halogens is 1. The lowest BCUT2D eigenvalue weighted by molar-refractivity contribution is 0.0939. The van der Waals surface area contributed by atoms with Crippen LogP contribution in [0.1, 0.15) is 5.56 Å². The van der Waals surface area contributed by atoms with Crippen molar-refractivity contribution < 1.29 is 13.9 Å². The molecule has 1 heterocycles. The summed E-state index contributed by atoms with van der Waals surface area (Å²) in [5.41, 5.74) is 1.21. The summed E-state index contributed by atoms with van der Waals surface area (Å²) in [4.78, 5) is 0. The minimum absolute atomic E-state index is 0.139. The Morgan fingerprint density at radius 2 is 2.04 bits per heavy atom. The molecule has 2 N–H and O–H groups in total. The minimum atomic E-state index is -0.265. The highest BCUT2D eigenvalue weighted by Crippen LogP contribution is 2.30. The van der Waals surface area contributed by atoms with Gasteiger partial charge in [-0.05, 0) is 49.0 Å². The van der Waals surface area contributed by atoms with Crippen LogP contribution in [0.4, 0.5) is 10.1 Å². The van der Waals surface area contributed by atoms with E-state index >= 15 is 0 Å². The second kappa shape index (κ2) is 6.83. The van der Waals surface area contributed by atoms with Gasteiger partial charge < -0.3 is 20.1 Å². The highest BCUT2D eigenvalue weighted by atomic mass is 32.1. The van der Waals surface area contributed by atoms with Crippen molar-refractivity contribution in [2.45, 2.75) is 13.0 Å². The molecule has 1 aliphatic rings. The molecule has 0 radical (unpaired) electrons. The summed E-state index contributed by atoms with van der Waals surface area (Å²) in [6.07, 6.45) is -0.139. The van der Waals surface area contributed by atoms with Crippen molar-refractivity contribution in [2.75, 3.05) is 18.5 Å². The van der Waals surface area contributed by atoms with E-state index in [1.54, 1.807) is 19.1 Å². The molecular formula is C17H17FN2O2S. The Morgan fingerprint density at radius 3 is 2.83 bits per heavy atom. The summed E-state index contributed by atoms with van der Waals surface area (Å²) in [7, 11) is 0. The fraction of sp³-hybridized carbons (Fsp3) is 0.235. The van der Waals surface area contributed by atoms with E-state index in [0.29, 0.717) is 29.5 Å². The molecule has 4 nitrogen and oxygen atoms in total. The Morgan fingerprint density at radius 1 is 1.26 bits per heavy atom. The maximum absolute atomic E-state index is 13.5. The van der Waals surface area contributed by atoms with Gasteiger partial charge in [-0.25, -0.2) is 4.39 Å². The Kier molecular flexibility index (Phi) is 4.62. The summed E-state index contributed by atoms with van der Waals surface area (Å²) in [5, 5.41) is 6.42. The van der Waals surface area contributed by atoms with E-state index in [-0.39, 0.29) is 11.9 Å². The van der Waals surface area contributed by atoms with Crippen molar-refractivity contribution in [2.24, 2.45) is 0 Å². The smallest absolute Gasteiger partial charge is 0.170 e. The molecule has 3 rings (SSSR count). The molecule has 0 saturated heterocycles. The molecule has 0 aromatic heterocycles. The van der Waals surface area contributed by atoms with E-state index < -0.39 is 0 Å². The van der Waals surface area contributed by atoms with Crippen LogP contribution in [0.2, 0.25) is 0 Å². The number of nitrogens with one attached hydrogen (secondary N) is 2. The fourth-order valence-corrected chi connectivity index (χ4v) is 2.42. The Balaban J connectivity index is 1.51. The van der Waals surface area contributed by atoms with E-state index in [4.69, 9.17) is 21.7 Å². The Bertz CT molecular complexity index is 723. The lowest BCUT2D eigenvalue weighted by Crippen LogP contribution is -2.42. The second-order valence-electron chi connectivity index (χ2n) is 5.30. The van der Waals surface area contributed by atoms with Crippen LogP contribution in [0.5, 0.6) is 11.5 Å². The van der Waals surface area contributed by atoms with E-state index in [0.717, 1.165) is 11.5 Å². The predicted octanol–water partition coefficient (Wildman–Crippen LogP) is 3.26. The van der Waals surface area contributed by atoms with Gasteiger partial charge in [0.05, 0.1) is 6.54 Å². The molecule has 1 aliphatic heterocycles. The number of para-hydroxylation sites is 2. The first-order valence-electron chi connectivity index (χ1n) is 7.31. The lowest BCUT2D eigenvalue weighted by Gasteiger charge is -2.27. The van der Waals surface area contributed by atoms with Crippen LogP contribution in [0.3, 0.4) is 0 Å². The van der Waals surface area contributed by atoms with Gasteiger partial charge in [-0.15, -0.1) is 0 Å². The number of benzene rings is 2. The first-order valence-corrected chi connectivity index (χ1v) is 7.72. The summed E-state index contributed by atoms with van der Waals surface area (Å²) in [6, 6.07) is 12.4. The monoisotopic (exact) mass is 332 g/mol. The molecule has 23 heavy (non-hydrogen) atoms. The highest BCUT2D eigenvalue weighted by Gasteiger charge is 2.20. The van der Waals surface area contributed by atoms with Crippen molar-refractivity contribution in [3.05, 3.63) is 53.8 Å². The SMILES string of the molecule is Cc1ccc(NC(=S)NC[C@@H]2COc3ccccc3O2)cc1F. The zero-order valence-corrected chi connectivity index (χ0v) is 13.5. The third-order valence-corrected chi connectivity index (χ3v) is 3.73. The van der Waals surface area contributed by atoms with Crippen molar-refractivity contribution in [1.82, 2.24) is 5.32 Å². The molecule has 6 heteroatoms. The largest absolute Gasteiger partial charge is 0.486 e. The Hall–Kier alpha value is -2.34. The molecule has 0 amide bonds. The maximum Gasteiger partial charge on any atom is 0.170 e. The van der Waals surface area contributed by atoms with Crippen molar-refractivity contribution in [3.8, 4) is 11.5 Å². The van der Waals surface area contributed by atoms with Gasteiger partial charge in [0.1, 0.15) is 18.5 Å². The van der Waals surface area contributed by atoms with Crippen molar-refractivity contribution >= 4 is 23.0 Å². The molecule has 0 saturated carbocycles. The average molecular weight is 332 g/mol. The topological polar surface area (TPSA) is 42.5 Å². The van der Waals surface area contributed by atoms with Crippen LogP contribution in [0.25, 0.3) is 0 Å². The van der Waals surface area contributed by atoms with Gasteiger partial charge in [-0.2, -0.15) is 0 Å². The third-order valence-electron chi connectivity index (χ3n) is 3.49. The number of rotatable bonds is 3. The molecule has 0 fully saturated rings. The minimum Gasteiger partial charge on any atom is -0.486 e. The summed E-state index contributed by atoms with van der Waals surface area (Å²) < 4.78 is 25.0. The molecule has 2 aromatic carbocycles. The first kappa shape index (κ1) is 15.6. The zero-order valence-electron chi connectivity index (χ0n) is 12.6. The maximum atomic E-state index is 13.5. The van der Waals surface area contributed by atoms with Gasteiger partial charge in [0.25, 0.3) is 0 Å². The molecule has 2 aromatic rings. The number of hydrogen-bond acceptors (Lipinski definition) is 3. The first-order chi connectivity index (χ1) is 11.1. The fourth-order valence-electron chi connectivity index (χ4n) is 2.22. The summed E-state index contributed by atoms with van der Waals surface area (Å²) in [5.74, 6) is 1.21. The van der Waals surface area contributed by atoms with Crippen molar-refractivity contribution in [3.63, 3.8) is 0 Å². The van der Waals surface area contributed by atoms with Crippen LogP contribution >= 0.6 is 12.2 Å². The Labute approximate surface area is 139 Å². The van der Waals surface area contributed by atoms with Gasteiger partial charge in [-0.1, -0.05) is 18.2 Å². The molecule has 0 spiro atoms. The van der Waals surface area contributed by atoms with Gasteiger partial charge in [0.15, 0.2) is 16.6 Å². The second-order valence-corrected chi connectivity index (χ2v) is 5.70. The lowest BCUT2D eigenvalue weighted by atomic mass is 10.2. The zero-order chi connectivity index (χ0) is 16.2. The molecule has 120 valence electrons. The van der Waals surface area contributed by atoms with Crippen molar-refractivity contribution in [1.29, 1.82) is 0 Å². The van der Waals surface area contributed by atoms with Gasteiger partial charge in [0, 0.05) is 5.69 Å². The number of anilines is 1. The molecule has 0 aliphatic carbocycles. The molecule has 0 unspecified atom stereocenters. The highest BCUT2D eigenvalue weighted by molar-refractivity contribution is 7.80. The van der Waals surface area contributed by atoms with Crippen LogP contribution < -0.4 is 20.1 Å². The predicted molar refractivity (Wildman–Crippen MR) is 91.7 cm³/mol. The van der Waals surface area contributed by atoms with E-state index in [1.165, 1.54) is 6.07 Å². The van der Waals surface area contributed by atoms with Crippen LogP contribution in [-0.2, 0) is 0 Å². The van der Waals surface area contributed by atoms with E-state index in [9.17, 15) is 4.39 Å². The molecule has 1 atom stereocenters. The van der Waals surface area contributed by atoms with E-state index in [2.05, 4.69) is 10.6 Å². The number of fused-ring (bicyclic) bond motifs is 1. The molecular weight excluding hydrogens is 315 g/mol. The number of thiocarbonyl (C=S) groups is 1. The standard InChI is InChI=1S/C17H17FN2O2S/c1-11-6-7-12(8-14(11)18)20-17(23)19-9-13-10-21-15-4-2-3-5-16(15)22-13/h2-8,13H,9-10H2,1H3,(H2,19,20,23)/t13-/m1/s1. The normalized spacial score (nSPS) is 15.8. The van der Waals surface area contributed by atoms with Crippen LogP contribution in [0, 0.1) is 12.7 Å².